The molecule has 13 heteroatoms. The summed E-state index contributed by atoms with van der Waals surface area (Å²) in [4.78, 5) is 11.5. The van der Waals surface area contributed by atoms with E-state index in [0.29, 0.717) is 25.2 Å². The molecule has 3 saturated heterocycles. The molecule has 3 aliphatic heterocycles. The second-order valence-corrected chi connectivity index (χ2v) is 9.17. The van der Waals surface area contributed by atoms with Crippen LogP contribution < -0.4 is 14.2 Å². The van der Waals surface area contributed by atoms with Crippen molar-refractivity contribution in [1.29, 1.82) is 0 Å². The molecule has 0 radical (unpaired) electrons. The van der Waals surface area contributed by atoms with Gasteiger partial charge in [0.1, 0.15) is 53.4 Å². The van der Waals surface area contributed by atoms with Gasteiger partial charge in [-0.15, -0.1) is 0 Å². The number of pyridine rings is 1. The zero-order valence-corrected chi connectivity index (χ0v) is 19.5. The Bertz CT molecular complexity index is 1250. The van der Waals surface area contributed by atoms with E-state index in [1.165, 1.54) is 6.07 Å². The number of ether oxygens (including phenoxy) is 6. The number of rotatable bonds is 7. The second kappa shape index (κ2) is 9.60. The molecule has 2 aromatic heterocycles. The fourth-order valence-corrected chi connectivity index (χ4v) is 4.66. The Morgan fingerprint density at radius 2 is 1.86 bits per heavy atom. The maximum absolute atomic E-state index is 14.6. The molecule has 36 heavy (non-hydrogen) atoms. The van der Waals surface area contributed by atoms with Gasteiger partial charge < -0.3 is 38.5 Å². The van der Waals surface area contributed by atoms with Crippen LogP contribution in [0.3, 0.4) is 0 Å². The van der Waals surface area contributed by atoms with Crippen molar-refractivity contribution >= 4 is 22.8 Å². The highest BCUT2D eigenvalue weighted by Gasteiger charge is 2.48. The third kappa shape index (κ3) is 4.55. The highest BCUT2D eigenvalue weighted by Crippen LogP contribution is 2.32. The maximum atomic E-state index is 14.6. The molecule has 6 rings (SSSR count). The molecule has 0 aliphatic carbocycles. The molecule has 10 nitrogen and oxygen atoms in total. The smallest absolute Gasteiger partial charge is 0.296 e. The van der Waals surface area contributed by atoms with Crippen molar-refractivity contribution in [2.45, 2.75) is 43.5 Å². The number of nitrogens with zero attached hydrogens (tertiary/aromatic N) is 2. The van der Waals surface area contributed by atoms with Crippen LogP contribution >= 0.6 is 11.6 Å². The molecule has 0 saturated carbocycles. The fourth-order valence-electron chi connectivity index (χ4n) is 4.45. The average molecular weight is 526 g/mol. The van der Waals surface area contributed by atoms with E-state index in [1.807, 2.05) is 0 Å². The Balaban J connectivity index is 1.14. The van der Waals surface area contributed by atoms with E-state index in [1.54, 1.807) is 0 Å². The molecule has 1 aromatic carbocycles. The summed E-state index contributed by atoms with van der Waals surface area (Å²) in [5.41, 5.74) is 0.416. The molecule has 5 heterocycles. The minimum absolute atomic E-state index is 0.0454. The molecule has 2 unspecified atom stereocenters. The summed E-state index contributed by atoms with van der Waals surface area (Å²) in [5, 5.41) is 9.99. The zero-order valence-electron chi connectivity index (χ0n) is 18.8. The normalized spacial score (nSPS) is 27.5. The van der Waals surface area contributed by atoms with Crippen LogP contribution in [0, 0.1) is 11.6 Å². The average Bonchev–Trinajstić information content (AvgIpc) is 3.62. The standard InChI is InChI=1S/C23H22ClF2N3O7/c24-13-5-16-21(29-23(27-16)36-18-9-33-19-17(30)8-32-20(18)19)28-22(13)34-7-12-14(25)3-11(4-15(12)26)35-10-1-2-31-6-10/h3-5,10,17-20,30H,1-2,6-9H2,(H,27,28,29)/t10-,17+,18+,19?,20?/m0/s1. The van der Waals surface area contributed by atoms with Gasteiger partial charge in [0.2, 0.25) is 5.88 Å². The monoisotopic (exact) mass is 525 g/mol. The van der Waals surface area contributed by atoms with Crippen LogP contribution in [0.4, 0.5) is 8.78 Å². The lowest BCUT2D eigenvalue weighted by Crippen LogP contribution is -2.34. The van der Waals surface area contributed by atoms with Gasteiger partial charge in [-0.05, 0) is 6.07 Å². The van der Waals surface area contributed by atoms with Gasteiger partial charge in [-0.2, -0.15) is 9.97 Å². The van der Waals surface area contributed by atoms with E-state index in [0.717, 1.165) is 12.1 Å². The molecule has 3 aromatic rings. The number of fused-ring (bicyclic) bond motifs is 2. The molecule has 192 valence electrons. The predicted molar refractivity (Wildman–Crippen MR) is 119 cm³/mol. The molecule has 2 N–H and O–H groups in total. The first-order valence-corrected chi connectivity index (χ1v) is 11.8. The van der Waals surface area contributed by atoms with Crippen LogP contribution in [0.15, 0.2) is 18.2 Å². The highest BCUT2D eigenvalue weighted by molar-refractivity contribution is 6.32. The molecular formula is C23H22ClF2N3O7. The number of nitrogens with one attached hydrogen (secondary N) is 1. The number of aliphatic hydroxyl groups excluding tert-OH is 1. The van der Waals surface area contributed by atoms with Crippen molar-refractivity contribution in [1.82, 2.24) is 15.0 Å². The van der Waals surface area contributed by atoms with Crippen molar-refractivity contribution in [3.05, 3.63) is 40.4 Å². The third-order valence-electron chi connectivity index (χ3n) is 6.28. The summed E-state index contributed by atoms with van der Waals surface area (Å²) in [6, 6.07) is 3.90. The quantitative estimate of drug-likeness (QED) is 0.480. The van der Waals surface area contributed by atoms with Crippen LogP contribution in [-0.4, -0.2) is 77.0 Å². The SMILES string of the molecule is O[C@@H]1COC2C1OC[C@H]2Oc1nc2nc(OCc3c(F)cc(O[C@H]4CCOC4)cc3F)c(Cl)cc2[nH]1. The molecule has 3 aliphatic rings. The summed E-state index contributed by atoms with van der Waals surface area (Å²) in [6.07, 6.45) is -1.57. The van der Waals surface area contributed by atoms with E-state index >= 15 is 0 Å². The zero-order chi connectivity index (χ0) is 24.8. The van der Waals surface area contributed by atoms with Crippen molar-refractivity contribution < 1.29 is 42.3 Å². The maximum Gasteiger partial charge on any atom is 0.296 e. The Labute approximate surface area is 208 Å². The van der Waals surface area contributed by atoms with Gasteiger partial charge in [-0.25, -0.2) is 8.78 Å². The highest BCUT2D eigenvalue weighted by atomic mass is 35.5. The lowest BCUT2D eigenvalue weighted by Gasteiger charge is -2.15. The lowest BCUT2D eigenvalue weighted by atomic mass is 10.1. The number of imidazole rings is 1. The number of aromatic nitrogens is 3. The van der Waals surface area contributed by atoms with Crippen molar-refractivity contribution in [2.24, 2.45) is 0 Å². The Morgan fingerprint density at radius 1 is 1.06 bits per heavy atom. The summed E-state index contributed by atoms with van der Waals surface area (Å²) in [6.45, 7) is 0.907. The van der Waals surface area contributed by atoms with Crippen LogP contribution in [0.25, 0.3) is 11.2 Å². The largest absolute Gasteiger partial charge is 0.488 e. The minimum Gasteiger partial charge on any atom is -0.488 e. The van der Waals surface area contributed by atoms with E-state index in [2.05, 4.69) is 15.0 Å². The number of aliphatic hydroxyl groups is 1. The molecule has 3 fully saturated rings. The van der Waals surface area contributed by atoms with Gasteiger partial charge in [-0.3, -0.25) is 0 Å². The molecule has 0 bridgehead atoms. The van der Waals surface area contributed by atoms with E-state index in [-0.39, 0.29) is 53.2 Å². The first-order valence-electron chi connectivity index (χ1n) is 11.4. The summed E-state index contributed by atoms with van der Waals surface area (Å²) in [5.74, 6) is -1.58. The fraction of sp³-hybridized carbons (Fsp3) is 0.478. The summed E-state index contributed by atoms with van der Waals surface area (Å²) < 4.78 is 62.5. The first kappa shape index (κ1) is 23.6. The van der Waals surface area contributed by atoms with Gasteiger partial charge >= 0.3 is 0 Å². The summed E-state index contributed by atoms with van der Waals surface area (Å²) >= 11 is 6.27. The number of hydrogen-bond acceptors (Lipinski definition) is 9. The number of hydrogen-bond donors (Lipinski definition) is 2. The third-order valence-corrected chi connectivity index (χ3v) is 6.55. The van der Waals surface area contributed by atoms with Gasteiger partial charge in [0.05, 0.1) is 37.5 Å². The minimum atomic E-state index is -0.812. The van der Waals surface area contributed by atoms with Crippen LogP contribution in [0.5, 0.6) is 17.6 Å². The van der Waals surface area contributed by atoms with Crippen molar-refractivity contribution in [3.8, 4) is 17.6 Å². The number of benzene rings is 1. The number of halogens is 3. The van der Waals surface area contributed by atoms with Crippen molar-refractivity contribution in [3.63, 3.8) is 0 Å². The Hall–Kier alpha value is -2.77. The van der Waals surface area contributed by atoms with Gasteiger partial charge in [-0.1, -0.05) is 11.6 Å². The number of aromatic amines is 1. The second-order valence-electron chi connectivity index (χ2n) is 8.77. The molecular weight excluding hydrogens is 504 g/mol. The van der Waals surface area contributed by atoms with Gasteiger partial charge in [0.25, 0.3) is 6.01 Å². The van der Waals surface area contributed by atoms with Crippen molar-refractivity contribution in [2.75, 3.05) is 26.4 Å². The van der Waals surface area contributed by atoms with E-state index in [4.69, 9.17) is 40.0 Å². The van der Waals surface area contributed by atoms with E-state index < -0.39 is 42.7 Å². The van der Waals surface area contributed by atoms with Gasteiger partial charge in [0, 0.05) is 18.6 Å². The summed E-state index contributed by atoms with van der Waals surface area (Å²) in [7, 11) is 0. The molecule has 0 spiro atoms. The van der Waals surface area contributed by atoms with Gasteiger partial charge in [0.15, 0.2) is 11.8 Å². The molecule has 0 amide bonds. The Kier molecular flexibility index (Phi) is 6.30. The lowest BCUT2D eigenvalue weighted by molar-refractivity contribution is 0.00706. The Morgan fingerprint density at radius 3 is 2.64 bits per heavy atom. The predicted octanol–water partition coefficient (Wildman–Crippen LogP) is 2.54. The van der Waals surface area contributed by atoms with Crippen LogP contribution in [0.2, 0.25) is 5.02 Å². The topological polar surface area (TPSA) is 117 Å². The number of H-pyrrole nitrogens is 1. The first-order chi connectivity index (χ1) is 17.4. The molecule has 5 atom stereocenters. The van der Waals surface area contributed by atoms with Crippen LogP contribution in [-0.2, 0) is 20.8 Å². The van der Waals surface area contributed by atoms with E-state index in [9.17, 15) is 13.9 Å². The van der Waals surface area contributed by atoms with Crippen LogP contribution in [0.1, 0.15) is 12.0 Å².